The zero-order valence-electron chi connectivity index (χ0n) is 17.2. The fraction of sp³-hybridized carbons (Fsp3) is 0.458. The predicted molar refractivity (Wildman–Crippen MR) is 114 cm³/mol. The zero-order valence-corrected chi connectivity index (χ0v) is 17.2. The van der Waals surface area contributed by atoms with Crippen LogP contribution in [0.15, 0.2) is 54.6 Å². The molecule has 1 saturated heterocycles. The minimum Gasteiger partial charge on any atom is -0.446 e. The van der Waals surface area contributed by atoms with Crippen molar-refractivity contribution in [1.29, 1.82) is 0 Å². The molecule has 3 rings (SSSR count). The Morgan fingerprint density at radius 3 is 2.64 bits per heavy atom. The summed E-state index contributed by atoms with van der Waals surface area (Å²) in [6, 6.07) is 19.5. The molecule has 0 aromatic heterocycles. The largest absolute Gasteiger partial charge is 0.446 e. The lowest BCUT2D eigenvalue weighted by molar-refractivity contribution is 0.0386. The van der Waals surface area contributed by atoms with E-state index in [1.807, 2.05) is 31.9 Å². The van der Waals surface area contributed by atoms with Crippen molar-refractivity contribution >= 4 is 6.09 Å². The Morgan fingerprint density at radius 2 is 1.93 bits per heavy atom. The number of amides is 1. The van der Waals surface area contributed by atoms with Gasteiger partial charge in [-0.3, -0.25) is 0 Å². The number of piperidine rings is 1. The number of ether oxygens (including phenoxy) is 1. The van der Waals surface area contributed by atoms with Crippen LogP contribution in [-0.4, -0.2) is 42.8 Å². The number of nitrogens with zero attached hydrogens (tertiary/aromatic N) is 1. The molecule has 1 amide bonds. The molecular weight excluding hydrogens is 348 g/mol. The van der Waals surface area contributed by atoms with Crippen molar-refractivity contribution < 1.29 is 9.53 Å². The molecule has 0 radical (unpaired) electrons. The first-order valence-corrected chi connectivity index (χ1v) is 10.4. The van der Waals surface area contributed by atoms with Gasteiger partial charge in [0.25, 0.3) is 0 Å². The maximum Gasteiger partial charge on any atom is 0.410 e. The smallest absolute Gasteiger partial charge is 0.410 e. The molecule has 3 unspecified atom stereocenters. The Morgan fingerprint density at radius 1 is 1.18 bits per heavy atom. The first-order valence-electron chi connectivity index (χ1n) is 10.4. The van der Waals surface area contributed by atoms with Gasteiger partial charge in [-0.05, 0) is 56.3 Å². The van der Waals surface area contributed by atoms with Crippen LogP contribution in [0.3, 0.4) is 0 Å². The third-order valence-electron chi connectivity index (χ3n) is 5.74. The van der Waals surface area contributed by atoms with Crippen molar-refractivity contribution in [2.75, 3.05) is 13.6 Å². The molecule has 4 heteroatoms. The number of hydrogen-bond donors (Lipinski definition) is 1. The third-order valence-corrected chi connectivity index (χ3v) is 5.74. The van der Waals surface area contributed by atoms with Crippen LogP contribution in [0.25, 0.3) is 11.1 Å². The van der Waals surface area contributed by atoms with E-state index in [-0.39, 0.29) is 24.3 Å². The standard InChI is InChI=1S/C24H32N2O2/c1-4-18(2)28-24(27)26-15-9-14-22(25-3)23(26)17-19-10-8-13-21(16-19)20-11-6-5-7-12-20/h5-8,10-13,16,18,22-23,25H,4,9,14-15,17H2,1-3H3. The number of likely N-dealkylation sites (tertiary alicyclic amines) is 1. The van der Waals surface area contributed by atoms with Crippen LogP contribution < -0.4 is 5.32 Å². The molecule has 2 aromatic carbocycles. The minimum absolute atomic E-state index is 0.0514. The topological polar surface area (TPSA) is 41.6 Å². The molecule has 28 heavy (non-hydrogen) atoms. The van der Waals surface area contributed by atoms with E-state index in [2.05, 4.69) is 53.8 Å². The van der Waals surface area contributed by atoms with E-state index in [1.165, 1.54) is 16.7 Å². The monoisotopic (exact) mass is 380 g/mol. The van der Waals surface area contributed by atoms with Crippen LogP contribution in [0, 0.1) is 0 Å². The number of benzene rings is 2. The predicted octanol–water partition coefficient (Wildman–Crippen LogP) is 4.88. The molecule has 1 fully saturated rings. The highest BCUT2D eigenvalue weighted by Crippen LogP contribution is 2.25. The highest BCUT2D eigenvalue weighted by atomic mass is 16.6. The molecule has 2 aromatic rings. The van der Waals surface area contributed by atoms with Crippen LogP contribution in [-0.2, 0) is 11.2 Å². The van der Waals surface area contributed by atoms with Gasteiger partial charge in [0.15, 0.2) is 0 Å². The Kier molecular flexibility index (Phi) is 7.10. The van der Waals surface area contributed by atoms with E-state index < -0.39 is 0 Å². The van der Waals surface area contributed by atoms with Crippen molar-refractivity contribution in [3.63, 3.8) is 0 Å². The Balaban J connectivity index is 1.81. The summed E-state index contributed by atoms with van der Waals surface area (Å²) in [4.78, 5) is 14.7. The van der Waals surface area contributed by atoms with Crippen LogP contribution in [0.4, 0.5) is 4.79 Å². The van der Waals surface area contributed by atoms with E-state index in [9.17, 15) is 4.79 Å². The molecule has 4 nitrogen and oxygen atoms in total. The van der Waals surface area contributed by atoms with Gasteiger partial charge < -0.3 is 15.0 Å². The average Bonchev–Trinajstić information content (AvgIpc) is 2.74. The molecule has 1 aliphatic rings. The second-order valence-electron chi connectivity index (χ2n) is 7.67. The number of hydrogen-bond acceptors (Lipinski definition) is 3. The summed E-state index contributed by atoms with van der Waals surface area (Å²) >= 11 is 0. The van der Waals surface area contributed by atoms with Crippen molar-refractivity contribution in [1.82, 2.24) is 10.2 Å². The molecule has 3 atom stereocenters. The second-order valence-corrected chi connectivity index (χ2v) is 7.67. The van der Waals surface area contributed by atoms with Crippen LogP contribution in [0.5, 0.6) is 0 Å². The van der Waals surface area contributed by atoms with Gasteiger partial charge in [-0.1, -0.05) is 61.5 Å². The molecule has 0 saturated carbocycles. The molecule has 1 aliphatic heterocycles. The van der Waals surface area contributed by atoms with Gasteiger partial charge in [0, 0.05) is 12.6 Å². The van der Waals surface area contributed by atoms with Crippen LogP contribution in [0.2, 0.25) is 0 Å². The van der Waals surface area contributed by atoms with E-state index in [0.29, 0.717) is 0 Å². The van der Waals surface area contributed by atoms with E-state index in [1.54, 1.807) is 0 Å². The second kappa shape index (κ2) is 9.74. The molecule has 1 heterocycles. The number of likely N-dealkylation sites (N-methyl/N-ethyl adjacent to an activating group) is 1. The number of carbonyl (C=O) groups is 1. The number of carbonyl (C=O) groups excluding carboxylic acids is 1. The fourth-order valence-electron chi connectivity index (χ4n) is 3.95. The van der Waals surface area contributed by atoms with Gasteiger partial charge in [0.05, 0.1) is 6.04 Å². The molecule has 150 valence electrons. The quantitative estimate of drug-likeness (QED) is 0.776. The van der Waals surface area contributed by atoms with Crippen molar-refractivity contribution in [2.24, 2.45) is 0 Å². The summed E-state index contributed by atoms with van der Waals surface area (Å²) in [5.41, 5.74) is 3.67. The van der Waals surface area contributed by atoms with E-state index in [0.717, 1.165) is 32.2 Å². The van der Waals surface area contributed by atoms with Gasteiger partial charge in [-0.25, -0.2) is 4.79 Å². The van der Waals surface area contributed by atoms with E-state index in [4.69, 9.17) is 4.74 Å². The lowest BCUT2D eigenvalue weighted by Gasteiger charge is -2.41. The molecule has 0 bridgehead atoms. The maximum atomic E-state index is 12.8. The first-order chi connectivity index (χ1) is 13.6. The summed E-state index contributed by atoms with van der Waals surface area (Å²) in [6.07, 6.45) is 3.50. The maximum absolute atomic E-state index is 12.8. The summed E-state index contributed by atoms with van der Waals surface area (Å²) in [6.45, 7) is 4.75. The van der Waals surface area contributed by atoms with Gasteiger partial charge in [0.2, 0.25) is 0 Å². The van der Waals surface area contributed by atoms with Gasteiger partial charge in [-0.15, -0.1) is 0 Å². The lowest BCUT2D eigenvalue weighted by Crippen LogP contribution is -2.56. The Labute approximate surface area is 168 Å². The molecule has 0 aliphatic carbocycles. The van der Waals surface area contributed by atoms with Crippen molar-refractivity contribution in [3.05, 3.63) is 60.2 Å². The minimum atomic E-state index is -0.182. The SMILES string of the molecule is CCC(C)OC(=O)N1CCCC(NC)C1Cc1cccc(-c2ccccc2)c1. The van der Waals surface area contributed by atoms with Gasteiger partial charge in [-0.2, -0.15) is 0 Å². The molecule has 0 spiro atoms. The number of nitrogens with one attached hydrogen (secondary N) is 1. The lowest BCUT2D eigenvalue weighted by atomic mass is 9.90. The first kappa shape index (κ1) is 20.4. The van der Waals surface area contributed by atoms with Crippen molar-refractivity contribution in [2.45, 2.75) is 57.7 Å². The van der Waals surface area contributed by atoms with Crippen molar-refractivity contribution in [3.8, 4) is 11.1 Å². The number of rotatable bonds is 6. The third kappa shape index (κ3) is 4.93. The highest BCUT2D eigenvalue weighted by Gasteiger charge is 2.35. The highest BCUT2D eigenvalue weighted by molar-refractivity contribution is 5.69. The molecule has 1 N–H and O–H groups in total. The van der Waals surface area contributed by atoms with E-state index >= 15 is 0 Å². The normalized spacial score (nSPS) is 20.6. The van der Waals surface area contributed by atoms with Crippen LogP contribution >= 0.6 is 0 Å². The zero-order chi connectivity index (χ0) is 19.9. The summed E-state index contributed by atoms with van der Waals surface area (Å²) in [5.74, 6) is 0. The summed E-state index contributed by atoms with van der Waals surface area (Å²) in [5, 5.41) is 3.42. The van der Waals surface area contributed by atoms with Gasteiger partial charge >= 0.3 is 6.09 Å². The van der Waals surface area contributed by atoms with Crippen LogP contribution in [0.1, 0.15) is 38.7 Å². The molecular formula is C24H32N2O2. The summed E-state index contributed by atoms with van der Waals surface area (Å²) in [7, 11) is 1.99. The Bertz CT molecular complexity index is 762. The van der Waals surface area contributed by atoms with Gasteiger partial charge in [0.1, 0.15) is 6.10 Å². The average molecular weight is 381 g/mol. The Hall–Kier alpha value is -2.33. The summed E-state index contributed by atoms with van der Waals surface area (Å²) < 4.78 is 5.65. The fourth-order valence-corrected chi connectivity index (χ4v) is 3.95.